The molecule has 0 spiro atoms. The predicted octanol–water partition coefficient (Wildman–Crippen LogP) is 3.15. The second kappa shape index (κ2) is 5.54. The van der Waals surface area contributed by atoms with Crippen molar-refractivity contribution in [2.24, 2.45) is 0 Å². The molecule has 0 amide bonds. The summed E-state index contributed by atoms with van der Waals surface area (Å²) >= 11 is 0. The molecule has 1 aromatic carbocycles. The number of phenolic OH excluding ortho intramolecular Hbond substituents is 2. The van der Waals surface area contributed by atoms with Gasteiger partial charge in [0.05, 0.1) is 0 Å². The van der Waals surface area contributed by atoms with E-state index in [2.05, 4.69) is 13.2 Å². The number of hydrogen-bond acceptors (Lipinski definition) is 3. The molecule has 18 heavy (non-hydrogen) atoms. The smallest absolute Gasteiger partial charge is 0.162 e. The van der Waals surface area contributed by atoms with Gasteiger partial charge in [-0.15, -0.1) is 0 Å². The number of benzene rings is 1. The molecule has 0 heterocycles. The molecule has 0 aliphatic rings. The zero-order chi connectivity index (χ0) is 13.9. The van der Waals surface area contributed by atoms with Gasteiger partial charge < -0.3 is 10.2 Å². The molecule has 1 aromatic rings. The van der Waals surface area contributed by atoms with Crippen molar-refractivity contribution in [3.05, 3.63) is 47.1 Å². The summed E-state index contributed by atoms with van der Waals surface area (Å²) in [6.45, 7) is 11.1. The van der Waals surface area contributed by atoms with Gasteiger partial charge in [-0.3, -0.25) is 4.79 Å². The van der Waals surface area contributed by atoms with Crippen LogP contribution in [0.4, 0.5) is 0 Å². The largest absolute Gasteiger partial charge is 0.504 e. The lowest BCUT2D eigenvalue weighted by Crippen LogP contribution is -1.99. The summed E-state index contributed by atoms with van der Waals surface area (Å²) in [6, 6.07) is 1.59. The Balaban J connectivity index is 3.38. The summed E-state index contributed by atoms with van der Waals surface area (Å²) in [7, 11) is 0. The number of hydrogen-bond donors (Lipinski definition) is 2. The number of allylic oxidation sites excluding steroid dienone is 2. The molecule has 3 heteroatoms. The maximum Gasteiger partial charge on any atom is 0.162 e. The average molecular weight is 246 g/mol. The highest BCUT2D eigenvalue weighted by atomic mass is 16.3. The molecule has 0 saturated carbocycles. The Bertz CT molecular complexity index is 513. The summed E-state index contributed by atoms with van der Waals surface area (Å²) in [6.07, 6.45) is 1.47. The molecular weight excluding hydrogens is 228 g/mol. The molecule has 3 nitrogen and oxygen atoms in total. The minimum Gasteiger partial charge on any atom is -0.504 e. The van der Waals surface area contributed by atoms with E-state index >= 15 is 0 Å². The normalized spacial score (nSPS) is 10.1. The highest BCUT2D eigenvalue weighted by Gasteiger charge is 2.16. The van der Waals surface area contributed by atoms with Crippen molar-refractivity contribution in [1.82, 2.24) is 0 Å². The van der Waals surface area contributed by atoms with Crippen LogP contribution in [0.5, 0.6) is 11.5 Å². The Morgan fingerprint density at radius 2 is 1.72 bits per heavy atom. The van der Waals surface area contributed by atoms with E-state index in [0.29, 0.717) is 35.8 Å². The number of rotatable bonds is 5. The predicted molar refractivity (Wildman–Crippen MR) is 72.2 cm³/mol. The van der Waals surface area contributed by atoms with Crippen LogP contribution in [0.25, 0.3) is 0 Å². The highest BCUT2D eigenvalue weighted by Crippen LogP contribution is 2.37. The van der Waals surface area contributed by atoms with Crippen LogP contribution in [0.1, 0.15) is 35.3 Å². The van der Waals surface area contributed by atoms with E-state index < -0.39 is 0 Å². The molecule has 96 valence electrons. The van der Waals surface area contributed by atoms with Crippen LogP contribution in [-0.2, 0) is 12.8 Å². The number of carbonyl (C=O) groups excluding carboxylic acids is 1. The molecule has 1 rings (SSSR count). The summed E-state index contributed by atoms with van der Waals surface area (Å²) in [5.41, 5.74) is 2.95. The Morgan fingerprint density at radius 1 is 1.17 bits per heavy atom. The molecule has 0 fully saturated rings. The van der Waals surface area contributed by atoms with Crippen molar-refractivity contribution in [2.45, 2.75) is 26.7 Å². The standard InChI is InChI=1S/C15H18O3/c1-9(2)5-11-7-12(8-16)13(6-10(3)4)15(18)14(11)17/h7-8,17-18H,1,3,5-6H2,2,4H3. The van der Waals surface area contributed by atoms with Crippen LogP contribution in [0.2, 0.25) is 0 Å². The van der Waals surface area contributed by atoms with Crippen LogP contribution in [-0.4, -0.2) is 16.5 Å². The van der Waals surface area contributed by atoms with Crippen LogP contribution < -0.4 is 0 Å². The SMILES string of the molecule is C=C(C)Cc1cc(C=O)c(CC(=C)C)c(O)c1O. The fourth-order valence-electron chi connectivity index (χ4n) is 1.83. The van der Waals surface area contributed by atoms with Crippen molar-refractivity contribution < 1.29 is 15.0 Å². The van der Waals surface area contributed by atoms with E-state index in [1.807, 2.05) is 6.92 Å². The van der Waals surface area contributed by atoms with Crippen molar-refractivity contribution in [2.75, 3.05) is 0 Å². The molecule has 2 N–H and O–H groups in total. The van der Waals surface area contributed by atoms with Gasteiger partial charge in [-0.2, -0.15) is 0 Å². The summed E-state index contributed by atoms with van der Waals surface area (Å²) in [5, 5.41) is 19.9. The van der Waals surface area contributed by atoms with E-state index in [4.69, 9.17) is 0 Å². The van der Waals surface area contributed by atoms with Gasteiger partial charge in [-0.1, -0.05) is 24.3 Å². The van der Waals surface area contributed by atoms with E-state index in [1.165, 1.54) is 0 Å². The Kier molecular flexibility index (Phi) is 4.32. The first-order valence-corrected chi connectivity index (χ1v) is 5.67. The van der Waals surface area contributed by atoms with Crippen LogP contribution in [0.3, 0.4) is 0 Å². The van der Waals surface area contributed by atoms with Gasteiger partial charge in [-0.05, 0) is 32.8 Å². The Morgan fingerprint density at radius 3 is 2.17 bits per heavy atom. The van der Waals surface area contributed by atoms with E-state index in [9.17, 15) is 15.0 Å². The second-order valence-corrected chi connectivity index (χ2v) is 4.69. The third-order valence-corrected chi connectivity index (χ3v) is 2.59. The number of aromatic hydroxyl groups is 2. The maximum absolute atomic E-state index is 11.1. The third-order valence-electron chi connectivity index (χ3n) is 2.59. The fourth-order valence-corrected chi connectivity index (χ4v) is 1.83. The summed E-state index contributed by atoms with van der Waals surface area (Å²) < 4.78 is 0. The molecule has 0 atom stereocenters. The lowest BCUT2D eigenvalue weighted by molar-refractivity contribution is 0.112. The monoisotopic (exact) mass is 246 g/mol. The van der Waals surface area contributed by atoms with Crippen molar-refractivity contribution in [3.63, 3.8) is 0 Å². The molecule has 0 aromatic heterocycles. The highest BCUT2D eigenvalue weighted by molar-refractivity contribution is 5.81. The molecule has 0 saturated heterocycles. The van der Waals surface area contributed by atoms with Crippen molar-refractivity contribution >= 4 is 6.29 Å². The van der Waals surface area contributed by atoms with Gasteiger partial charge in [0.2, 0.25) is 0 Å². The molecule has 0 bridgehead atoms. The van der Waals surface area contributed by atoms with Crippen molar-refractivity contribution in [3.8, 4) is 11.5 Å². The third kappa shape index (κ3) is 3.00. The first-order chi connectivity index (χ1) is 8.36. The van der Waals surface area contributed by atoms with E-state index in [1.54, 1.807) is 13.0 Å². The van der Waals surface area contributed by atoms with Gasteiger partial charge >= 0.3 is 0 Å². The van der Waals surface area contributed by atoms with Gasteiger partial charge in [0.15, 0.2) is 11.5 Å². The maximum atomic E-state index is 11.1. The number of carbonyl (C=O) groups is 1. The first kappa shape index (κ1) is 14.0. The quantitative estimate of drug-likeness (QED) is 0.476. The topological polar surface area (TPSA) is 57.5 Å². The minimum absolute atomic E-state index is 0.181. The van der Waals surface area contributed by atoms with Gasteiger partial charge in [-0.25, -0.2) is 0 Å². The zero-order valence-corrected chi connectivity index (χ0v) is 10.8. The molecule has 0 unspecified atom stereocenters. The number of phenols is 2. The molecule has 0 radical (unpaired) electrons. The Hall–Kier alpha value is -2.03. The lowest BCUT2D eigenvalue weighted by Gasteiger charge is -2.13. The minimum atomic E-state index is -0.237. The van der Waals surface area contributed by atoms with Gasteiger partial charge in [0.25, 0.3) is 0 Å². The van der Waals surface area contributed by atoms with Crippen LogP contribution in [0.15, 0.2) is 30.4 Å². The van der Waals surface area contributed by atoms with Gasteiger partial charge in [0.1, 0.15) is 6.29 Å². The van der Waals surface area contributed by atoms with Crippen LogP contribution in [0, 0.1) is 0 Å². The van der Waals surface area contributed by atoms with Crippen LogP contribution >= 0.6 is 0 Å². The molecular formula is C15H18O3. The zero-order valence-electron chi connectivity index (χ0n) is 10.8. The molecule has 0 aliphatic carbocycles. The van der Waals surface area contributed by atoms with Gasteiger partial charge in [0, 0.05) is 16.7 Å². The Labute approximate surface area is 107 Å². The van der Waals surface area contributed by atoms with E-state index in [0.717, 1.165) is 11.1 Å². The fraction of sp³-hybridized carbons (Fsp3) is 0.267. The lowest BCUT2D eigenvalue weighted by atomic mass is 9.95. The summed E-state index contributed by atoms with van der Waals surface area (Å²) in [4.78, 5) is 11.1. The first-order valence-electron chi connectivity index (χ1n) is 5.67. The average Bonchev–Trinajstić information content (AvgIpc) is 2.27. The molecule has 0 aliphatic heterocycles. The number of aldehydes is 1. The van der Waals surface area contributed by atoms with Crippen molar-refractivity contribution in [1.29, 1.82) is 0 Å². The second-order valence-electron chi connectivity index (χ2n) is 4.69. The van der Waals surface area contributed by atoms with E-state index in [-0.39, 0.29) is 11.5 Å². The summed E-state index contributed by atoms with van der Waals surface area (Å²) in [5.74, 6) is -0.418.